The number of benzene rings is 1. The third-order valence-corrected chi connectivity index (χ3v) is 6.60. The second-order valence-electron chi connectivity index (χ2n) is 10.4. The second-order valence-corrected chi connectivity index (χ2v) is 10.4. The minimum absolute atomic E-state index is 0.0685. The number of rotatable bonds is 21. The van der Waals surface area contributed by atoms with Gasteiger partial charge in [-0.2, -0.15) is 0 Å². The first kappa shape index (κ1) is 37.0. The van der Waals surface area contributed by atoms with E-state index in [4.69, 9.17) is 14.2 Å². The molecule has 13 nitrogen and oxygen atoms in total. The summed E-state index contributed by atoms with van der Waals surface area (Å²) in [5.74, 6) is -0.0685. The Morgan fingerprint density at radius 2 is 1.26 bits per heavy atom. The average Bonchev–Trinajstić information content (AvgIpc) is 2.99. The maximum absolute atomic E-state index is 12.1. The van der Waals surface area contributed by atoms with Crippen molar-refractivity contribution >= 4 is 36.3 Å². The average molecular weight is 608 g/mol. The van der Waals surface area contributed by atoms with E-state index in [9.17, 15) is 24.0 Å². The number of hydrogen-bond acceptors (Lipinski definition) is 8. The van der Waals surface area contributed by atoms with E-state index in [0.717, 1.165) is 56.9 Å². The van der Waals surface area contributed by atoms with Gasteiger partial charge in [0.05, 0.1) is 13.2 Å². The third kappa shape index (κ3) is 18.9. The van der Waals surface area contributed by atoms with Gasteiger partial charge in [-0.05, 0) is 30.5 Å². The highest BCUT2D eigenvalue weighted by Crippen LogP contribution is 2.12. The molecule has 0 unspecified atom stereocenters. The van der Waals surface area contributed by atoms with Crippen LogP contribution in [0.4, 0.5) is 20.1 Å². The standard InChI is InChI=1S/C30H49N5O8/c1-25(37)34(3)19-20-35(4)30(40)43-23-26-13-15-27(16-14-26)32-29(39)42-22-12-10-8-6-5-7-9-11-21-41-28(38)31-17-18-33(2)24-36/h13-16,24H,5-12,17-23H2,1-4H3,(H,31,38)(H,32,39). The van der Waals surface area contributed by atoms with Crippen molar-refractivity contribution in [2.75, 3.05) is 65.9 Å². The summed E-state index contributed by atoms with van der Waals surface area (Å²) < 4.78 is 15.7. The van der Waals surface area contributed by atoms with Crippen LogP contribution in [-0.4, -0.2) is 106 Å². The summed E-state index contributed by atoms with van der Waals surface area (Å²) in [4.78, 5) is 61.8. The van der Waals surface area contributed by atoms with Crippen LogP contribution >= 0.6 is 0 Å². The van der Waals surface area contributed by atoms with Crippen LogP contribution in [0.2, 0.25) is 0 Å². The summed E-state index contributed by atoms with van der Waals surface area (Å²) in [5, 5.41) is 5.29. The number of ether oxygens (including phenoxy) is 3. The van der Waals surface area contributed by atoms with E-state index in [1.807, 2.05) is 0 Å². The highest BCUT2D eigenvalue weighted by Gasteiger charge is 2.12. The number of amides is 5. The SMILES string of the molecule is CC(=O)N(C)CCN(C)C(=O)OCc1ccc(NC(=O)OCCCCCCCCCCOC(=O)NCCN(C)C=O)cc1. The normalized spacial score (nSPS) is 10.3. The monoisotopic (exact) mass is 607 g/mol. The molecule has 242 valence electrons. The summed E-state index contributed by atoms with van der Waals surface area (Å²) in [6.07, 6.45) is 7.19. The van der Waals surface area contributed by atoms with Crippen molar-refractivity contribution in [2.45, 2.75) is 64.9 Å². The molecule has 5 amide bonds. The molecule has 0 radical (unpaired) electrons. The fourth-order valence-corrected chi connectivity index (χ4v) is 3.67. The molecule has 13 heteroatoms. The number of hydrogen-bond donors (Lipinski definition) is 2. The van der Waals surface area contributed by atoms with Gasteiger partial charge in [0.25, 0.3) is 0 Å². The number of alkyl carbamates (subject to hydrolysis) is 1. The molecule has 0 aromatic heterocycles. The van der Waals surface area contributed by atoms with E-state index in [1.165, 1.54) is 21.6 Å². The summed E-state index contributed by atoms with van der Waals surface area (Å²) in [7, 11) is 4.93. The first-order valence-electron chi connectivity index (χ1n) is 14.8. The van der Waals surface area contributed by atoms with Crippen molar-refractivity contribution in [2.24, 2.45) is 0 Å². The van der Waals surface area contributed by atoms with Crippen LogP contribution < -0.4 is 10.6 Å². The van der Waals surface area contributed by atoms with Crippen molar-refractivity contribution in [1.29, 1.82) is 0 Å². The van der Waals surface area contributed by atoms with Gasteiger partial charge in [0.1, 0.15) is 6.61 Å². The van der Waals surface area contributed by atoms with Crippen LogP contribution in [0.25, 0.3) is 0 Å². The van der Waals surface area contributed by atoms with Crippen molar-refractivity contribution in [3.63, 3.8) is 0 Å². The van der Waals surface area contributed by atoms with E-state index in [2.05, 4.69) is 10.6 Å². The molecule has 0 heterocycles. The molecule has 2 N–H and O–H groups in total. The smallest absolute Gasteiger partial charge is 0.411 e. The summed E-state index contributed by atoms with van der Waals surface area (Å²) in [5.41, 5.74) is 1.35. The summed E-state index contributed by atoms with van der Waals surface area (Å²) in [6.45, 7) is 3.89. The molecule has 0 aliphatic rings. The van der Waals surface area contributed by atoms with E-state index in [-0.39, 0.29) is 12.5 Å². The molecule has 1 aromatic rings. The van der Waals surface area contributed by atoms with Gasteiger partial charge in [-0.1, -0.05) is 50.7 Å². The lowest BCUT2D eigenvalue weighted by molar-refractivity contribution is -0.127. The Balaban J connectivity index is 2.03. The van der Waals surface area contributed by atoms with Crippen molar-refractivity contribution in [1.82, 2.24) is 20.0 Å². The maximum Gasteiger partial charge on any atom is 0.411 e. The maximum atomic E-state index is 12.1. The van der Waals surface area contributed by atoms with Gasteiger partial charge in [-0.25, -0.2) is 14.4 Å². The predicted molar refractivity (Wildman–Crippen MR) is 163 cm³/mol. The summed E-state index contributed by atoms with van der Waals surface area (Å²) in [6, 6.07) is 6.95. The quantitative estimate of drug-likeness (QED) is 0.120. The van der Waals surface area contributed by atoms with Gasteiger partial charge in [0.15, 0.2) is 0 Å². The van der Waals surface area contributed by atoms with E-state index < -0.39 is 18.3 Å². The molecule has 1 aromatic carbocycles. The number of unbranched alkanes of at least 4 members (excludes halogenated alkanes) is 7. The molecule has 0 spiro atoms. The Bertz CT molecular complexity index is 976. The molecule has 0 aliphatic carbocycles. The highest BCUT2D eigenvalue weighted by atomic mass is 16.6. The van der Waals surface area contributed by atoms with Crippen LogP contribution in [-0.2, 0) is 30.4 Å². The zero-order valence-electron chi connectivity index (χ0n) is 26.1. The van der Waals surface area contributed by atoms with Crippen molar-refractivity contribution in [3.8, 4) is 0 Å². The Morgan fingerprint density at radius 1 is 0.721 bits per heavy atom. The molecule has 43 heavy (non-hydrogen) atoms. The molecule has 0 bridgehead atoms. The van der Waals surface area contributed by atoms with Crippen LogP contribution in [0.1, 0.15) is 63.9 Å². The molecule has 0 saturated carbocycles. The van der Waals surface area contributed by atoms with Gasteiger partial charge in [0, 0.05) is 59.9 Å². The highest BCUT2D eigenvalue weighted by molar-refractivity contribution is 5.84. The number of carbonyl (C=O) groups excluding carboxylic acids is 5. The Hall–Kier alpha value is -4.03. The lowest BCUT2D eigenvalue weighted by Crippen LogP contribution is -2.36. The van der Waals surface area contributed by atoms with Crippen LogP contribution in [0.5, 0.6) is 0 Å². The molecule has 0 fully saturated rings. The van der Waals surface area contributed by atoms with Gasteiger partial charge >= 0.3 is 18.3 Å². The third-order valence-electron chi connectivity index (χ3n) is 6.60. The number of anilines is 1. The van der Waals surface area contributed by atoms with Crippen LogP contribution in [0.3, 0.4) is 0 Å². The van der Waals surface area contributed by atoms with Gasteiger partial charge in [-0.15, -0.1) is 0 Å². The first-order chi connectivity index (χ1) is 20.6. The van der Waals surface area contributed by atoms with Crippen LogP contribution in [0, 0.1) is 0 Å². The number of carbonyl (C=O) groups is 5. The molecular formula is C30H49N5O8. The Kier molecular flexibility index (Phi) is 19.4. The van der Waals surface area contributed by atoms with Crippen LogP contribution in [0.15, 0.2) is 24.3 Å². The lowest BCUT2D eigenvalue weighted by Gasteiger charge is -2.21. The van der Waals surface area contributed by atoms with Gasteiger partial charge in [0.2, 0.25) is 12.3 Å². The second kappa shape index (κ2) is 22.6. The largest absolute Gasteiger partial charge is 0.450 e. The van der Waals surface area contributed by atoms with E-state index in [0.29, 0.717) is 51.5 Å². The first-order valence-corrected chi connectivity index (χ1v) is 14.8. The lowest BCUT2D eigenvalue weighted by atomic mass is 10.1. The topological polar surface area (TPSA) is 147 Å². The minimum Gasteiger partial charge on any atom is -0.450 e. The molecule has 0 saturated heterocycles. The number of nitrogens with zero attached hydrogens (tertiary/aromatic N) is 3. The zero-order chi connectivity index (χ0) is 31.9. The fourth-order valence-electron chi connectivity index (χ4n) is 3.67. The molecule has 0 aliphatic heterocycles. The number of nitrogens with one attached hydrogen (secondary N) is 2. The van der Waals surface area contributed by atoms with Gasteiger partial charge < -0.3 is 34.2 Å². The van der Waals surface area contributed by atoms with Crippen molar-refractivity contribution in [3.05, 3.63) is 29.8 Å². The predicted octanol–water partition coefficient (Wildman–Crippen LogP) is 4.22. The fraction of sp³-hybridized carbons (Fsp3) is 0.633. The molecule has 1 rings (SSSR count). The molecular weight excluding hydrogens is 558 g/mol. The minimum atomic E-state index is -0.513. The molecule has 0 atom stereocenters. The van der Waals surface area contributed by atoms with E-state index in [1.54, 1.807) is 45.4 Å². The Labute approximate surface area is 255 Å². The Morgan fingerprint density at radius 3 is 1.81 bits per heavy atom. The van der Waals surface area contributed by atoms with Gasteiger partial charge in [-0.3, -0.25) is 14.9 Å². The van der Waals surface area contributed by atoms with E-state index >= 15 is 0 Å². The number of likely N-dealkylation sites (N-methyl/N-ethyl adjacent to an activating group) is 3. The summed E-state index contributed by atoms with van der Waals surface area (Å²) >= 11 is 0. The van der Waals surface area contributed by atoms with Crippen molar-refractivity contribution < 1.29 is 38.2 Å². The zero-order valence-corrected chi connectivity index (χ0v) is 26.1.